The molecule has 0 aliphatic carbocycles. The number of hydrogen-bond donors (Lipinski definition) is 10. The number of carbonyl (C=O) groups is 7. The van der Waals surface area contributed by atoms with Gasteiger partial charge in [-0.15, -0.1) is 5.75 Å². The first-order valence-electron chi connectivity index (χ1n) is 21.2. The Bertz CT molecular complexity index is 2220. The van der Waals surface area contributed by atoms with Crippen molar-refractivity contribution >= 4 is 59.3 Å². The molecule has 6 amide bonds. The number of nitrogens with one attached hydrogen (secondary N) is 7. The molecule has 0 aromatic heterocycles. The fourth-order valence-corrected chi connectivity index (χ4v) is 9.25. The van der Waals surface area contributed by atoms with E-state index in [1.807, 2.05) is 0 Å². The van der Waals surface area contributed by atoms with Crippen molar-refractivity contribution in [2.45, 2.75) is 80.0 Å². The van der Waals surface area contributed by atoms with Crippen LogP contribution in [0.2, 0.25) is 0 Å². The standard InChI is InChI=1S/C45H53N7O12S.K/c53-29-16-12-25(13-17-29)18-30(44(61)62)43-39(50-19-26-10-14-28(15-11-26)40(58)27-6-2-1-3-7-27)42(60)41(59)32(64-43)20-46-35(55)22-48-37(57)23-49-36(56)21-47-34(54)9-5-4-8-33-38-31(24-65-33)51-45(63)52-38;/h1-3,6-7,10-18,31-33,38-39,41-43,50,53,59-60H,4-5,8-9,19-24H2,(H,46,55)(H,47,54)(H,48,57)(H,49,56)(H,61,62)(H2,51,52,63);/q;+1/p-1/b30-18+;/t31-,32+,33-,38-,39+,41-,42+,43-;/m0./s1. The first kappa shape index (κ1) is 52.3. The Labute approximate surface area is 427 Å². The molecule has 3 heterocycles. The summed E-state index contributed by atoms with van der Waals surface area (Å²) in [6.07, 6.45) is -2.27. The molecule has 0 radical (unpaired) electrons. The van der Waals surface area contributed by atoms with Crippen molar-refractivity contribution in [3.8, 4) is 5.75 Å². The van der Waals surface area contributed by atoms with Crippen LogP contribution in [0.15, 0.2) is 84.4 Å². The number of hydrogen-bond acceptors (Lipinski definition) is 13. The van der Waals surface area contributed by atoms with Crippen LogP contribution < -0.4 is 93.7 Å². The van der Waals surface area contributed by atoms with E-state index in [4.69, 9.17) is 4.74 Å². The minimum atomic E-state index is -1.63. The number of thioether (sulfide) groups is 1. The Balaban J connectivity index is 0.00000817. The number of carboxylic acids is 1. The number of ether oxygens (including phenoxy) is 1. The zero-order valence-electron chi connectivity index (χ0n) is 36.2. The zero-order valence-corrected chi connectivity index (χ0v) is 40.1. The second kappa shape index (κ2) is 25.4. The van der Waals surface area contributed by atoms with Crippen LogP contribution in [0.1, 0.15) is 52.7 Å². The van der Waals surface area contributed by atoms with Crippen LogP contribution in [0.3, 0.4) is 0 Å². The summed E-state index contributed by atoms with van der Waals surface area (Å²) in [6, 6.07) is 19.6. The van der Waals surface area contributed by atoms with Gasteiger partial charge in [0.05, 0.1) is 43.3 Å². The van der Waals surface area contributed by atoms with Gasteiger partial charge in [-0.1, -0.05) is 85.3 Å². The van der Waals surface area contributed by atoms with E-state index in [0.717, 1.165) is 18.6 Å². The molecular formula is C45H52KN7O12S. The smallest absolute Gasteiger partial charge is 0.872 e. The normalized spacial score (nSPS) is 23.2. The van der Waals surface area contributed by atoms with Crippen LogP contribution in [-0.2, 0) is 35.3 Å². The van der Waals surface area contributed by atoms with Crippen LogP contribution in [0.4, 0.5) is 4.79 Å². The van der Waals surface area contributed by atoms with Crippen LogP contribution in [0.5, 0.6) is 5.75 Å². The number of rotatable bonds is 21. The Kier molecular flexibility index (Phi) is 20.2. The first-order chi connectivity index (χ1) is 31.2. The average molecular weight is 954 g/mol. The molecule has 0 saturated carbocycles. The SMILES string of the molecule is O=C(CCCC[C@@H]1SC[C@@H]2NC(=O)N[C@@H]21)NCC(=O)NCC(=O)NCC(=O)NC[C@H]1O[C@@H](/C(=C\c2ccc([O-])cc2)C(=O)O)[C@H](NCc2ccc(C(=O)c3ccccc3)cc2)[C@@H](O)[C@H]1O.[K+]. The van der Waals surface area contributed by atoms with E-state index in [2.05, 4.69) is 37.2 Å². The largest absolute Gasteiger partial charge is 1.00 e. The van der Waals surface area contributed by atoms with Crippen LogP contribution in [0, 0.1) is 0 Å². The molecule has 19 nitrogen and oxygen atoms in total. The molecule has 0 unspecified atom stereocenters. The van der Waals surface area contributed by atoms with Gasteiger partial charge in [-0.05, 0) is 30.0 Å². The fourth-order valence-electron chi connectivity index (χ4n) is 7.70. The maximum atomic E-state index is 12.9. The number of carbonyl (C=O) groups excluding carboxylic acids is 6. The fraction of sp³-hybridized carbons (Fsp3) is 0.400. The molecule has 8 atom stereocenters. The molecule has 3 saturated heterocycles. The van der Waals surface area contributed by atoms with Crippen molar-refractivity contribution < 1.29 is 110 Å². The van der Waals surface area contributed by atoms with Gasteiger partial charge in [0, 0.05) is 41.6 Å². The van der Waals surface area contributed by atoms with Gasteiger partial charge >= 0.3 is 63.4 Å². The third-order valence-electron chi connectivity index (χ3n) is 11.2. The molecule has 10 N–H and O–H groups in total. The van der Waals surface area contributed by atoms with Gasteiger partial charge in [0.25, 0.3) is 0 Å². The molecule has 3 aliphatic rings. The van der Waals surface area contributed by atoms with Crippen molar-refractivity contribution in [1.29, 1.82) is 0 Å². The molecule has 66 heavy (non-hydrogen) atoms. The van der Waals surface area contributed by atoms with Crippen LogP contribution >= 0.6 is 11.8 Å². The second-order valence-corrected chi connectivity index (χ2v) is 17.1. The Morgan fingerprint density at radius 3 is 2.05 bits per heavy atom. The number of aliphatic hydroxyl groups is 2. The monoisotopic (exact) mass is 953 g/mol. The van der Waals surface area contributed by atoms with Gasteiger partial charge in [-0.25, -0.2) is 9.59 Å². The van der Waals surface area contributed by atoms with Crippen molar-refractivity contribution in [3.05, 3.63) is 107 Å². The van der Waals surface area contributed by atoms with E-state index in [1.54, 1.807) is 66.4 Å². The minimum Gasteiger partial charge on any atom is -0.872 e. The van der Waals surface area contributed by atoms with E-state index in [0.29, 0.717) is 28.7 Å². The van der Waals surface area contributed by atoms with E-state index >= 15 is 0 Å². The quantitative estimate of drug-likeness (QED) is 0.0162. The summed E-state index contributed by atoms with van der Waals surface area (Å²) in [6.45, 7) is -1.73. The molecule has 3 fully saturated rings. The van der Waals surface area contributed by atoms with Crippen molar-refractivity contribution in [2.75, 3.05) is 31.9 Å². The number of unbranched alkanes of at least 4 members (excludes halogenated alkanes) is 1. The number of carboxylic acid groups (broad SMARTS) is 1. The van der Waals surface area contributed by atoms with E-state index in [1.165, 1.54) is 30.3 Å². The third-order valence-corrected chi connectivity index (χ3v) is 12.7. The number of aliphatic carboxylic acids is 1. The number of benzene rings is 3. The molecule has 3 aromatic carbocycles. The molecule has 3 aliphatic heterocycles. The van der Waals surface area contributed by atoms with E-state index in [9.17, 15) is 54.0 Å². The van der Waals surface area contributed by atoms with Crippen molar-refractivity contribution in [3.63, 3.8) is 0 Å². The molecule has 3 aromatic rings. The van der Waals surface area contributed by atoms with Crippen LogP contribution in [0.25, 0.3) is 6.08 Å². The molecular weight excluding hydrogens is 902 g/mol. The predicted octanol–water partition coefficient (Wildman–Crippen LogP) is -3.70. The van der Waals surface area contributed by atoms with E-state index < -0.39 is 73.8 Å². The van der Waals surface area contributed by atoms with Gasteiger partial charge in [-0.2, -0.15) is 11.8 Å². The maximum absolute atomic E-state index is 12.9. The summed E-state index contributed by atoms with van der Waals surface area (Å²) in [4.78, 5) is 86.8. The zero-order chi connectivity index (χ0) is 46.5. The van der Waals surface area contributed by atoms with E-state index in [-0.39, 0.29) is 117 Å². The summed E-state index contributed by atoms with van der Waals surface area (Å²) >= 11 is 1.79. The maximum Gasteiger partial charge on any atom is 1.00 e. The number of aliphatic hydroxyl groups excluding tert-OH is 2. The molecule has 6 rings (SSSR count). The minimum absolute atomic E-state index is 0. The Morgan fingerprint density at radius 1 is 0.773 bits per heavy atom. The Morgan fingerprint density at radius 2 is 1.39 bits per heavy atom. The first-order valence-corrected chi connectivity index (χ1v) is 22.2. The molecule has 0 bridgehead atoms. The summed E-state index contributed by atoms with van der Waals surface area (Å²) in [5, 5.41) is 63.6. The number of urea groups is 1. The second-order valence-electron chi connectivity index (χ2n) is 15.9. The number of amides is 6. The van der Waals surface area contributed by atoms with Gasteiger partial charge in [0.15, 0.2) is 5.78 Å². The summed E-state index contributed by atoms with van der Waals surface area (Å²) in [5.74, 6) is -3.41. The molecule has 21 heteroatoms. The summed E-state index contributed by atoms with van der Waals surface area (Å²) in [7, 11) is 0. The summed E-state index contributed by atoms with van der Waals surface area (Å²) in [5.41, 5.74) is 1.65. The van der Waals surface area contributed by atoms with Crippen molar-refractivity contribution in [1.82, 2.24) is 37.2 Å². The molecule has 0 spiro atoms. The topological polar surface area (TPSA) is 297 Å². The Hall–Kier alpha value is -4.68. The third kappa shape index (κ3) is 14.9. The van der Waals surface area contributed by atoms with Gasteiger partial charge < -0.3 is 62.4 Å². The summed E-state index contributed by atoms with van der Waals surface area (Å²) < 4.78 is 6.11. The van der Waals surface area contributed by atoms with Gasteiger partial charge in [0.2, 0.25) is 23.6 Å². The van der Waals surface area contributed by atoms with Gasteiger partial charge in [-0.3, -0.25) is 24.0 Å². The van der Waals surface area contributed by atoms with Crippen molar-refractivity contribution in [2.24, 2.45) is 0 Å². The van der Waals surface area contributed by atoms with Crippen LogP contribution in [-0.4, -0.2) is 136 Å². The number of ketones is 1. The molecule has 346 valence electrons. The van der Waals surface area contributed by atoms with Gasteiger partial charge in [0.1, 0.15) is 24.4 Å². The average Bonchev–Trinajstić information content (AvgIpc) is 3.87. The number of fused-ring (bicyclic) bond motifs is 1. The predicted molar refractivity (Wildman–Crippen MR) is 235 cm³/mol.